The van der Waals surface area contributed by atoms with E-state index in [1.54, 1.807) is 53.3 Å². The number of aromatic nitrogens is 3. The lowest BCUT2D eigenvalue weighted by atomic mass is 10.2. The number of carbonyl (C=O) groups is 1. The maximum Gasteiger partial charge on any atom is 0.321 e. The molecule has 0 atom stereocenters. The van der Waals surface area contributed by atoms with Gasteiger partial charge in [0.25, 0.3) is 5.91 Å². The van der Waals surface area contributed by atoms with Gasteiger partial charge in [0.1, 0.15) is 11.5 Å². The molecular formula is C23H18N4O3S2. The first-order valence-corrected chi connectivity index (χ1v) is 11.5. The largest absolute Gasteiger partial charge is 0.483 e. The third-order valence-electron chi connectivity index (χ3n) is 4.75. The number of ether oxygens (including phenoxy) is 2. The van der Waals surface area contributed by atoms with Crippen LogP contribution in [0.3, 0.4) is 0 Å². The molecule has 7 nitrogen and oxygen atoms in total. The molecule has 0 unspecified atom stereocenters. The average molecular weight is 463 g/mol. The Kier molecular flexibility index (Phi) is 5.42. The zero-order valence-electron chi connectivity index (χ0n) is 17.3. The summed E-state index contributed by atoms with van der Waals surface area (Å²) in [6.07, 6.45) is 3.23. The Morgan fingerprint density at radius 3 is 2.78 bits per heavy atom. The topological polar surface area (TPSA) is 86.2 Å². The summed E-state index contributed by atoms with van der Waals surface area (Å²) in [4.78, 5) is 25.3. The number of hydrogen-bond donors (Lipinski definition) is 1. The van der Waals surface area contributed by atoms with E-state index >= 15 is 0 Å². The molecule has 2 aromatic carbocycles. The minimum Gasteiger partial charge on any atom is -0.483 e. The molecule has 0 fully saturated rings. The number of aryl methyl sites for hydroxylation is 2. The highest BCUT2D eigenvalue weighted by Crippen LogP contribution is 2.38. The van der Waals surface area contributed by atoms with Gasteiger partial charge in [-0.15, -0.1) is 22.7 Å². The predicted octanol–water partition coefficient (Wildman–Crippen LogP) is 5.73. The predicted molar refractivity (Wildman–Crippen MR) is 127 cm³/mol. The van der Waals surface area contributed by atoms with E-state index in [1.807, 2.05) is 37.4 Å². The lowest BCUT2D eigenvalue weighted by molar-refractivity contribution is -0.118. The number of nitrogens with one attached hydrogen (secondary N) is 1. The van der Waals surface area contributed by atoms with Gasteiger partial charge in [-0.25, -0.2) is 15.0 Å². The monoisotopic (exact) mass is 462 g/mol. The highest BCUT2D eigenvalue weighted by atomic mass is 32.1. The van der Waals surface area contributed by atoms with E-state index in [9.17, 15) is 4.79 Å². The molecule has 5 aromatic rings. The number of anilines is 1. The zero-order valence-corrected chi connectivity index (χ0v) is 18.9. The Balaban J connectivity index is 1.27. The van der Waals surface area contributed by atoms with Gasteiger partial charge in [-0.1, -0.05) is 0 Å². The molecule has 1 amide bonds. The summed E-state index contributed by atoms with van der Waals surface area (Å²) in [6, 6.07) is 11.3. The van der Waals surface area contributed by atoms with Crippen LogP contribution in [-0.4, -0.2) is 27.5 Å². The van der Waals surface area contributed by atoms with Crippen molar-refractivity contribution in [3.05, 3.63) is 64.7 Å². The summed E-state index contributed by atoms with van der Waals surface area (Å²) < 4.78 is 13.7. The number of thiophene rings is 1. The molecule has 0 radical (unpaired) electrons. The van der Waals surface area contributed by atoms with Crippen molar-refractivity contribution < 1.29 is 14.3 Å². The summed E-state index contributed by atoms with van der Waals surface area (Å²) in [5, 5.41) is 6.89. The molecule has 0 aliphatic heterocycles. The molecule has 32 heavy (non-hydrogen) atoms. The number of hydrogen-bond acceptors (Lipinski definition) is 8. The fourth-order valence-electron chi connectivity index (χ4n) is 3.32. The van der Waals surface area contributed by atoms with Gasteiger partial charge in [0, 0.05) is 29.5 Å². The molecule has 9 heteroatoms. The van der Waals surface area contributed by atoms with Crippen molar-refractivity contribution in [1.29, 1.82) is 0 Å². The van der Waals surface area contributed by atoms with E-state index in [0.29, 0.717) is 17.2 Å². The standard InChI is InChI=1S/C23H18N4O3S2/c1-13-10-15(30-23-24-7-3-8-25-23)4-5-17(13)27-20(28)12-29-18-11-19-21(26-14(2)32-19)22-16(18)6-9-31-22/h3-11H,12H2,1-2H3,(H,27,28). The summed E-state index contributed by atoms with van der Waals surface area (Å²) in [7, 11) is 0. The summed E-state index contributed by atoms with van der Waals surface area (Å²) in [5.74, 6) is 1.05. The second-order valence-corrected chi connectivity index (χ2v) is 9.22. The Hall–Kier alpha value is -3.56. The number of carbonyl (C=O) groups excluding carboxylic acids is 1. The highest BCUT2D eigenvalue weighted by molar-refractivity contribution is 7.21. The van der Waals surface area contributed by atoms with E-state index in [1.165, 1.54) is 0 Å². The van der Waals surface area contributed by atoms with Crippen LogP contribution >= 0.6 is 22.7 Å². The molecule has 0 saturated carbocycles. The Morgan fingerprint density at radius 2 is 1.97 bits per heavy atom. The number of rotatable bonds is 6. The molecule has 0 aliphatic rings. The maximum atomic E-state index is 12.6. The van der Waals surface area contributed by atoms with Gasteiger partial charge in [-0.2, -0.15) is 0 Å². The van der Waals surface area contributed by atoms with Crippen molar-refractivity contribution in [1.82, 2.24) is 15.0 Å². The molecule has 0 aliphatic carbocycles. The second kappa shape index (κ2) is 8.52. The maximum absolute atomic E-state index is 12.6. The van der Waals surface area contributed by atoms with Crippen molar-refractivity contribution in [3.8, 4) is 17.5 Å². The van der Waals surface area contributed by atoms with Crippen LogP contribution in [-0.2, 0) is 4.79 Å². The Bertz CT molecular complexity index is 1430. The third-order valence-corrected chi connectivity index (χ3v) is 6.59. The summed E-state index contributed by atoms with van der Waals surface area (Å²) in [6.45, 7) is 3.79. The van der Waals surface area contributed by atoms with Gasteiger partial charge in [0.15, 0.2) is 6.61 Å². The van der Waals surface area contributed by atoms with E-state index in [4.69, 9.17) is 9.47 Å². The molecule has 0 saturated heterocycles. The molecule has 1 N–H and O–H groups in total. The van der Waals surface area contributed by atoms with E-state index < -0.39 is 0 Å². The van der Waals surface area contributed by atoms with Crippen molar-refractivity contribution >= 4 is 54.6 Å². The number of amides is 1. The van der Waals surface area contributed by atoms with E-state index in [-0.39, 0.29) is 18.5 Å². The van der Waals surface area contributed by atoms with Crippen LogP contribution in [0, 0.1) is 13.8 Å². The van der Waals surface area contributed by atoms with Gasteiger partial charge in [-0.3, -0.25) is 4.79 Å². The fraction of sp³-hybridized carbons (Fsp3) is 0.130. The quantitative estimate of drug-likeness (QED) is 0.347. The Morgan fingerprint density at radius 1 is 1.12 bits per heavy atom. The molecule has 160 valence electrons. The van der Waals surface area contributed by atoms with Crippen molar-refractivity contribution in [3.63, 3.8) is 0 Å². The van der Waals surface area contributed by atoms with Crippen LogP contribution < -0.4 is 14.8 Å². The molecule has 0 spiro atoms. The van der Waals surface area contributed by atoms with Gasteiger partial charge in [-0.05, 0) is 55.1 Å². The van der Waals surface area contributed by atoms with Gasteiger partial charge < -0.3 is 14.8 Å². The number of nitrogens with zero attached hydrogens (tertiary/aromatic N) is 3. The second-order valence-electron chi connectivity index (χ2n) is 7.06. The van der Waals surface area contributed by atoms with Crippen LogP contribution in [0.1, 0.15) is 10.6 Å². The van der Waals surface area contributed by atoms with Crippen LogP contribution in [0.5, 0.6) is 17.5 Å². The van der Waals surface area contributed by atoms with Crippen LogP contribution in [0.2, 0.25) is 0 Å². The first-order valence-electron chi connectivity index (χ1n) is 9.82. The van der Waals surface area contributed by atoms with Gasteiger partial charge >= 0.3 is 6.01 Å². The first kappa shape index (κ1) is 20.3. The summed E-state index contributed by atoms with van der Waals surface area (Å²) in [5.41, 5.74) is 2.54. The molecule has 5 rings (SSSR count). The molecule has 3 heterocycles. The Labute approximate surface area is 191 Å². The average Bonchev–Trinajstić information content (AvgIpc) is 3.41. The molecule has 0 bridgehead atoms. The minimum atomic E-state index is -0.239. The van der Waals surface area contributed by atoms with E-state index in [2.05, 4.69) is 20.3 Å². The number of benzene rings is 2. The fourth-order valence-corrected chi connectivity index (χ4v) is 5.15. The molecule has 3 aromatic heterocycles. The lowest BCUT2D eigenvalue weighted by Crippen LogP contribution is -2.20. The highest BCUT2D eigenvalue weighted by Gasteiger charge is 2.14. The van der Waals surface area contributed by atoms with Crippen LogP contribution in [0.4, 0.5) is 5.69 Å². The van der Waals surface area contributed by atoms with Crippen molar-refractivity contribution in [2.45, 2.75) is 13.8 Å². The van der Waals surface area contributed by atoms with Crippen molar-refractivity contribution in [2.75, 3.05) is 11.9 Å². The smallest absolute Gasteiger partial charge is 0.321 e. The van der Waals surface area contributed by atoms with E-state index in [0.717, 1.165) is 30.9 Å². The van der Waals surface area contributed by atoms with Gasteiger partial charge in [0.2, 0.25) is 0 Å². The minimum absolute atomic E-state index is 0.0935. The number of fused-ring (bicyclic) bond motifs is 3. The van der Waals surface area contributed by atoms with Crippen molar-refractivity contribution in [2.24, 2.45) is 0 Å². The van der Waals surface area contributed by atoms with Crippen LogP contribution in [0.15, 0.2) is 54.2 Å². The lowest BCUT2D eigenvalue weighted by Gasteiger charge is -2.12. The first-order chi connectivity index (χ1) is 15.6. The number of thiazole rings is 1. The zero-order chi connectivity index (χ0) is 22.1. The van der Waals surface area contributed by atoms with Gasteiger partial charge in [0.05, 0.1) is 19.9 Å². The normalized spacial score (nSPS) is 11.1. The SMILES string of the molecule is Cc1nc2c(cc(OCC(=O)Nc3ccc(Oc4ncccn4)cc3C)c3ccsc32)s1. The van der Waals surface area contributed by atoms with Crippen LogP contribution in [0.25, 0.3) is 20.3 Å². The summed E-state index contributed by atoms with van der Waals surface area (Å²) >= 11 is 3.25. The third kappa shape index (κ3) is 4.12. The molecular weight excluding hydrogens is 444 g/mol.